The number of amides is 1. The van der Waals surface area contributed by atoms with Gasteiger partial charge < -0.3 is 14.4 Å². The van der Waals surface area contributed by atoms with Crippen molar-refractivity contribution in [2.75, 3.05) is 32.8 Å². The molecule has 1 heterocycles. The van der Waals surface area contributed by atoms with Crippen molar-refractivity contribution in [3.05, 3.63) is 24.0 Å². The number of sulfonamides is 1. The molecule has 25 heavy (non-hydrogen) atoms. The molecule has 2 rings (SSSR count). The summed E-state index contributed by atoms with van der Waals surface area (Å²) >= 11 is 0. The van der Waals surface area contributed by atoms with Crippen molar-refractivity contribution >= 4 is 16.1 Å². The zero-order valence-corrected chi connectivity index (χ0v) is 15.4. The Morgan fingerprint density at radius 2 is 1.88 bits per heavy atom. The van der Waals surface area contributed by atoms with Gasteiger partial charge in [-0.05, 0) is 39.0 Å². The molecule has 1 aliphatic rings. The molecule has 0 atom stereocenters. The SMILES string of the molecule is CCOC(=O)N1CCN(S(=O)(=O)c2ccc(OC(C)C)c(F)c2)CC1. The molecular formula is C16H23FN2O5S. The zero-order valence-electron chi connectivity index (χ0n) is 14.6. The first-order valence-corrected chi connectivity index (χ1v) is 9.57. The maximum Gasteiger partial charge on any atom is 0.409 e. The van der Waals surface area contributed by atoms with Crippen molar-refractivity contribution in [1.29, 1.82) is 0 Å². The topological polar surface area (TPSA) is 76.2 Å². The van der Waals surface area contributed by atoms with E-state index in [9.17, 15) is 17.6 Å². The molecule has 0 bridgehead atoms. The van der Waals surface area contributed by atoms with Gasteiger partial charge in [0, 0.05) is 26.2 Å². The second-order valence-electron chi connectivity index (χ2n) is 5.85. The Labute approximate surface area is 147 Å². The first-order chi connectivity index (χ1) is 11.8. The monoisotopic (exact) mass is 374 g/mol. The van der Waals surface area contributed by atoms with Crippen LogP contribution in [0.2, 0.25) is 0 Å². The van der Waals surface area contributed by atoms with Crippen LogP contribution >= 0.6 is 0 Å². The number of carbonyl (C=O) groups is 1. The molecule has 1 aromatic rings. The standard InChI is InChI=1S/C16H23FN2O5S/c1-4-23-16(20)18-7-9-19(10-8-18)25(21,22)13-5-6-15(14(17)11-13)24-12(2)3/h5-6,11-12H,4,7-10H2,1-3H3. The molecule has 0 aliphatic carbocycles. The van der Waals surface area contributed by atoms with Gasteiger partial charge in [0.25, 0.3) is 0 Å². The molecular weight excluding hydrogens is 351 g/mol. The lowest BCUT2D eigenvalue weighted by Gasteiger charge is -2.33. The lowest BCUT2D eigenvalue weighted by atomic mass is 10.3. The summed E-state index contributed by atoms with van der Waals surface area (Å²) in [5, 5.41) is 0. The van der Waals surface area contributed by atoms with Crippen LogP contribution < -0.4 is 4.74 Å². The van der Waals surface area contributed by atoms with E-state index < -0.39 is 21.9 Å². The van der Waals surface area contributed by atoms with Crippen LogP contribution in [-0.2, 0) is 14.8 Å². The Balaban J connectivity index is 2.09. The fourth-order valence-corrected chi connectivity index (χ4v) is 3.90. The van der Waals surface area contributed by atoms with Crippen LogP contribution in [0.1, 0.15) is 20.8 Å². The lowest BCUT2D eigenvalue weighted by molar-refractivity contribution is 0.0934. The summed E-state index contributed by atoms with van der Waals surface area (Å²) < 4.78 is 50.8. The van der Waals surface area contributed by atoms with E-state index in [0.717, 1.165) is 6.07 Å². The fourth-order valence-electron chi connectivity index (χ4n) is 2.47. The van der Waals surface area contributed by atoms with Crippen molar-refractivity contribution in [2.24, 2.45) is 0 Å². The van der Waals surface area contributed by atoms with Gasteiger partial charge >= 0.3 is 6.09 Å². The number of carbonyl (C=O) groups excluding carboxylic acids is 1. The van der Waals surface area contributed by atoms with E-state index in [-0.39, 0.29) is 49.5 Å². The Kier molecular flexibility index (Phi) is 6.23. The summed E-state index contributed by atoms with van der Waals surface area (Å²) in [5.41, 5.74) is 0. The smallest absolute Gasteiger partial charge is 0.409 e. The van der Waals surface area contributed by atoms with Crippen LogP contribution in [0.4, 0.5) is 9.18 Å². The van der Waals surface area contributed by atoms with E-state index in [0.29, 0.717) is 0 Å². The molecule has 0 N–H and O–H groups in total. The molecule has 1 saturated heterocycles. The first-order valence-electron chi connectivity index (χ1n) is 8.13. The van der Waals surface area contributed by atoms with Crippen LogP contribution in [0.25, 0.3) is 0 Å². The third kappa shape index (κ3) is 4.60. The van der Waals surface area contributed by atoms with Crippen LogP contribution in [0.15, 0.2) is 23.1 Å². The Morgan fingerprint density at radius 3 is 2.40 bits per heavy atom. The van der Waals surface area contributed by atoms with Gasteiger partial charge in [0.2, 0.25) is 10.0 Å². The highest BCUT2D eigenvalue weighted by Crippen LogP contribution is 2.25. The van der Waals surface area contributed by atoms with Gasteiger partial charge in [-0.1, -0.05) is 0 Å². The van der Waals surface area contributed by atoms with E-state index in [1.54, 1.807) is 20.8 Å². The summed E-state index contributed by atoms with van der Waals surface area (Å²) in [4.78, 5) is 13.0. The summed E-state index contributed by atoms with van der Waals surface area (Å²) in [6.45, 7) is 6.21. The number of piperazine rings is 1. The minimum Gasteiger partial charge on any atom is -0.488 e. The largest absolute Gasteiger partial charge is 0.488 e. The van der Waals surface area contributed by atoms with Crippen molar-refractivity contribution in [1.82, 2.24) is 9.21 Å². The zero-order chi connectivity index (χ0) is 18.6. The third-order valence-corrected chi connectivity index (χ3v) is 5.56. The van der Waals surface area contributed by atoms with Gasteiger partial charge in [-0.3, -0.25) is 0 Å². The van der Waals surface area contributed by atoms with Crippen LogP contribution in [0, 0.1) is 5.82 Å². The van der Waals surface area contributed by atoms with Crippen molar-refractivity contribution in [3.63, 3.8) is 0 Å². The number of ether oxygens (including phenoxy) is 2. The normalized spacial score (nSPS) is 16.1. The van der Waals surface area contributed by atoms with Gasteiger partial charge in [-0.25, -0.2) is 17.6 Å². The first kappa shape index (κ1) is 19.5. The van der Waals surface area contributed by atoms with Crippen LogP contribution in [0.3, 0.4) is 0 Å². The van der Waals surface area contributed by atoms with Gasteiger partial charge in [0.1, 0.15) is 0 Å². The average molecular weight is 374 g/mol. The van der Waals surface area contributed by atoms with Gasteiger partial charge in [0.15, 0.2) is 11.6 Å². The Morgan fingerprint density at radius 1 is 1.24 bits per heavy atom. The number of rotatable bonds is 5. The van der Waals surface area contributed by atoms with Crippen LogP contribution in [-0.4, -0.2) is 62.6 Å². The Bertz CT molecular complexity index is 715. The minimum absolute atomic E-state index is 0.0149. The summed E-state index contributed by atoms with van der Waals surface area (Å²) in [6, 6.07) is 3.61. The number of nitrogens with zero attached hydrogens (tertiary/aromatic N) is 2. The predicted octanol–water partition coefficient (Wildman–Crippen LogP) is 2.08. The Hall–Kier alpha value is -1.87. The summed E-state index contributed by atoms with van der Waals surface area (Å²) in [6.07, 6.45) is -0.673. The van der Waals surface area contributed by atoms with Crippen molar-refractivity contribution in [3.8, 4) is 5.75 Å². The van der Waals surface area contributed by atoms with Crippen molar-refractivity contribution in [2.45, 2.75) is 31.8 Å². The highest BCUT2D eigenvalue weighted by atomic mass is 32.2. The molecule has 0 spiro atoms. The van der Waals surface area contributed by atoms with E-state index >= 15 is 0 Å². The molecule has 0 saturated carbocycles. The summed E-state index contributed by atoms with van der Waals surface area (Å²) in [7, 11) is -3.83. The maximum absolute atomic E-state index is 14.1. The van der Waals surface area contributed by atoms with Crippen LogP contribution in [0.5, 0.6) is 5.75 Å². The number of benzene rings is 1. The van der Waals surface area contributed by atoms with E-state index in [1.807, 2.05) is 0 Å². The second-order valence-corrected chi connectivity index (χ2v) is 7.79. The van der Waals surface area contributed by atoms with E-state index in [2.05, 4.69) is 0 Å². The van der Waals surface area contributed by atoms with E-state index in [1.165, 1.54) is 21.3 Å². The number of halogens is 1. The number of hydrogen-bond donors (Lipinski definition) is 0. The van der Waals surface area contributed by atoms with Gasteiger partial charge in [0.05, 0.1) is 17.6 Å². The van der Waals surface area contributed by atoms with Crippen molar-refractivity contribution < 1.29 is 27.1 Å². The molecule has 140 valence electrons. The molecule has 1 aromatic carbocycles. The van der Waals surface area contributed by atoms with E-state index in [4.69, 9.17) is 9.47 Å². The molecule has 1 aliphatic heterocycles. The molecule has 0 aromatic heterocycles. The second kappa shape index (κ2) is 8.01. The molecule has 0 unspecified atom stereocenters. The molecule has 7 nitrogen and oxygen atoms in total. The average Bonchev–Trinajstić information content (AvgIpc) is 2.56. The summed E-state index contributed by atoms with van der Waals surface area (Å²) in [5.74, 6) is -0.707. The highest BCUT2D eigenvalue weighted by Gasteiger charge is 2.31. The highest BCUT2D eigenvalue weighted by molar-refractivity contribution is 7.89. The molecule has 1 fully saturated rings. The predicted molar refractivity (Wildman–Crippen MR) is 89.5 cm³/mol. The molecule has 9 heteroatoms. The van der Waals surface area contributed by atoms with Gasteiger partial charge in [-0.15, -0.1) is 0 Å². The fraction of sp³-hybridized carbons (Fsp3) is 0.562. The number of hydrogen-bond acceptors (Lipinski definition) is 5. The molecule has 0 radical (unpaired) electrons. The minimum atomic E-state index is -3.83. The van der Waals surface area contributed by atoms with Gasteiger partial charge in [-0.2, -0.15) is 4.31 Å². The maximum atomic E-state index is 14.1. The third-order valence-electron chi connectivity index (χ3n) is 3.67. The molecule has 1 amide bonds. The lowest BCUT2D eigenvalue weighted by Crippen LogP contribution is -2.50. The quantitative estimate of drug-likeness (QED) is 0.789.